The summed E-state index contributed by atoms with van der Waals surface area (Å²) in [6.45, 7) is 9.00. The molecule has 0 aliphatic heterocycles. The van der Waals surface area contributed by atoms with Crippen molar-refractivity contribution in [1.29, 1.82) is 0 Å². The molecule has 0 aliphatic rings. The smallest absolute Gasteiger partial charge is 0.726 e. The molecule has 0 aromatic rings. The van der Waals surface area contributed by atoms with Gasteiger partial charge in [-0.3, -0.25) is 8.37 Å². The molecule has 0 saturated carbocycles. The molecule has 0 heterocycles. The molecule has 0 aliphatic carbocycles. The fourth-order valence-corrected chi connectivity index (χ4v) is 7.97. The molecule has 8 nitrogen and oxygen atoms in total. The van der Waals surface area contributed by atoms with E-state index in [1.165, 1.54) is 180 Å². The molecule has 2 unspecified atom stereocenters. The number of hydrogen-bond donors (Lipinski definition) is 0. The Kier molecular flexibility index (Phi) is 50.5. The molecule has 11 heteroatoms. The van der Waals surface area contributed by atoms with Crippen LogP contribution in [0.4, 0.5) is 0 Å². The maximum absolute atomic E-state index is 10.7. The monoisotopic (exact) mass is 851 g/mol. The van der Waals surface area contributed by atoms with E-state index in [-0.39, 0.29) is 62.8 Å². The average molecular weight is 851 g/mol. The van der Waals surface area contributed by atoms with Crippen molar-refractivity contribution in [3.05, 3.63) is 0 Å². The second-order valence-electron chi connectivity index (χ2n) is 16.2. The van der Waals surface area contributed by atoms with E-state index in [1.807, 2.05) is 0 Å². The SMILES string of the molecule is CCCCCCCCCCCCCCC(CCCCCC)COS(=O)(=O)[O-].CCCCCCCCCCCCCCC(CCCCCC)COS(=O)(=O)[O-].[Ca+2]. The van der Waals surface area contributed by atoms with Crippen molar-refractivity contribution in [2.45, 2.75) is 259 Å². The molecule has 0 N–H and O–H groups in total. The quantitative estimate of drug-likeness (QED) is 0.0257. The molecular formula is C44H90CaO8S2. The van der Waals surface area contributed by atoms with Crippen LogP contribution in [0.3, 0.4) is 0 Å². The Morgan fingerprint density at radius 2 is 0.491 bits per heavy atom. The second kappa shape index (κ2) is 46.1. The van der Waals surface area contributed by atoms with Gasteiger partial charge in [-0.25, -0.2) is 16.8 Å². The Morgan fingerprint density at radius 1 is 0.327 bits per heavy atom. The number of hydrogen-bond acceptors (Lipinski definition) is 8. The Balaban J connectivity index is -0.000000966. The van der Waals surface area contributed by atoms with Gasteiger partial charge in [-0.1, -0.05) is 233 Å². The minimum Gasteiger partial charge on any atom is -0.726 e. The van der Waals surface area contributed by atoms with Gasteiger partial charge in [-0.2, -0.15) is 0 Å². The Hall–Kier alpha value is 1.000. The predicted octanol–water partition coefficient (Wildman–Crippen LogP) is 13.9. The summed E-state index contributed by atoms with van der Waals surface area (Å²) >= 11 is 0. The van der Waals surface area contributed by atoms with Crippen LogP contribution in [0.15, 0.2) is 0 Å². The van der Waals surface area contributed by atoms with E-state index in [2.05, 4.69) is 36.1 Å². The fraction of sp³-hybridized carbons (Fsp3) is 1.00. The second-order valence-corrected chi connectivity index (χ2v) is 18.3. The van der Waals surface area contributed by atoms with Crippen molar-refractivity contribution >= 4 is 58.5 Å². The van der Waals surface area contributed by atoms with Gasteiger partial charge in [0.15, 0.2) is 0 Å². The Bertz CT molecular complexity index is 873. The summed E-state index contributed by atoms with van der Waals surface area (Å²) in [5.74, 6) is 0.405. The molecule has 55 heavy (non-hydrogen) atoms. The average Bonchev–Trinajstić information content (AvgIpc) is 3.12. The van der Waals surface area contributed by atoms with Crippen LogP contribution in [0, 0.1) is 11.8 Å². The van der Waals surface area contributed by atoms with Gasteiger partial charge in [0.25, 0.3) is 0 Å². The third kappa shape index (κ3) is 55.0. The zero-order chi connectivity index (χ0) is 40.4. The maximum Gasteiger partial charge on any atom is 2.00 e. The topological polar surface area (TPSA) is 133 Å². The third-order valence-corrected chi connectivity index (χ3v) is 11.6. The summed E-state index contributed by atoms with van der Waals surface area (Å²) in [6.07, 6.45) is 44.9. The summed E-state index contributed by atoms with van der Waals surface area (Å²) in [7, 11) is -9.12. The molecule has 0 radical (unpaired) electrons. The number of rotatable bonds is 42. The summed E-state index contributed by atoms with van der Waals surface area (Å²) in [6, 6.07) is 0. The third-order valence-electron chi connectivity index (χ3n) is 10.8. The zero-order valence-electron chi connectivity index (χ0n) is 36.8. The van der Waals surface area contributed by atoms with Crippen molar-refractivity contribution in [1.82, 2.24) is 0 Å². The van der Waals surface area contributed by atoms with Gasteiger partial charge >= 0.3 is 37.7 Å². The molecular weight excluding hydrogens is 761 g/mol. The van der Waals surface area contributed by atoms with Crippen molar-refractivity contribution in [3.8, 4) is 0 Å². The van der Waals surface area contributed by atoms with Crippen molar-refractivity contribution < 1.29 is 34.3 Å². The maximum atomic E-state index is 10.7. The van der Waals surface area contributed by atoms with E-state index in [4.69, 9.17) is 0 Å². The normalized spacial score (nSPS) is 12.9. The molecule has 0 bridgehead atoms. The molecule has 2 atom stereocenters. The first-order valence-electron chi connectivity index (χ1n) is 23.2. The van der Waals surface area contributed by atoms with Gasteiger partial charge in [-0.05, 0) is 37.5 Å². The van der Waals surface area contributed by atoms with Crippen molar-refractivity contribution in [3.63, 3.8) is 0 Å². The summed E-state index contributed by atoms with van der Waals surface area (Å²) in [5, 5.41) is 0. The fourth-order valence-electron chi connectivity index (χ4n) is 7.25. The number of unbranched alkanes of at least 4 members (excludes halogenated alkanes) is 28. The van der Waals surface area contributed by atoms with Crippen LogP contribution in [-0.2, 0) is 29.2 Å². The van der Waals surface area contributed by atoms with Gasteiger partial charge in [-0.15, -0.1) is 0 Å². The van der Waals surface area contributed by atoms with Crippen LogP contribution in [0.1, 0.15) is 259 Å². The first-order chi connectivity index (χ1) is 26.0. The first kappa shape index (κ1) is 60.3. The van der Waals surface area contributed by atoms with Crippen LogP contribution in [0.2, 0.25) is 0 Å². The van der Waals surface area contributed by atoms with E-state index in [9.17, 15) is 25.9 Å². The largest absolute Gasteiger partial charge is 2.00 e. The van der Waals surface area contributed by atoms with Gasteiger partial charge < -0.3 is 9.11 Å². The minimum absolute atomic E-state index is 0. The van der Waals surface area contributed by atoms with Crippen LogP contribution < -0.4 is 0 Å². The Morgan fingerprint density at radius 3 is 0.673 bits per heavy atom. The van der Waals surface area contributed by atoms with Crippen LogP contribution in [-0.4, -0.2) is 76.9 Å². The van der Waals surface area contributed by atoms with Crippen molar-refractivity contribution in [2.75, 3.05) is 13.2 Å². The van der Waals surface area contributed by atoms with E-state index in [0.29, 0.717) is 0 Å². The van der Waals surface area contributed by atoms with Gasteiger partial charge in [0, 0.05) is 0 Å². The van der Waals surface area contributed by atoms with Crippen molar-refractivity contribution in [2.24, 2.45) is 11.8 Å². The standard InChI is InChI=1S/2C22H46O4S.Ca/c2*1-3-5-7-9-10-11-12-13-14-15-16-18-20-22(19-17-8-6-4-2)21-26-27(23,24)25;/h2*22H,3-21H2,1-2H3,(H,23,24,25);/q;;+2/p-2. The molecule has 0 aromatic carbocycles. The van der Waals surface area contributed by atoms with E-state index in [1.54, 1.807) is 0 Å². The first-order valence-corrected chi connectivity index (χ1v) is 25.9. The van der Waals surface area contributed by atoms with Gasteiger partial charge in [0.2, 0.25) is 20.8 Å². The zero-order valence-corrected chi connectivity index (χ0v) is 40.7. The summed E-state index contributed by atoms with van der Waals surface area (Å²) < 4.78 is 73.3. The molecule has 0 aromatic heterocycles. The molecule has 328 valence electrons. The minimum atomic E-state index is -4.56. The van der Waals surface area contributed by atoms with Gasteiger partial charge in [0.1, 0.15) is 0 Å². The molecule has 0 fully saturated rings. The van der Waals surface area contributed by atoms with E-state index >= 15 is 0 Å². The molecule has 0 amide bonds. The van der Waals surface area contributed by atoms with Crippen LogP contribution >= 0.6 is 0 Å². The van der Waals surface area contributed by atoms with Crippen LogP contribution in [0.5, 0.6) is 0 Å². The molecule has 0 spiro atoms. The summed E-state index contributed by atoms with van der Waals surface area (Å²) in [4.78, 5) is 0. The molecule has 0 saturated heterocycles. The van der Waals surface area contributed by atoms with Gasteiger partial charge in [0.05, 0.1) is 13.2 Å². The molecule has 0 rings (SSSR count). The summed E-state index contributed by atoms with van der Waals surface area (Å²) in [5.41, 5.74) is 0. The predicted molar refractivity (Wildman–Crippen MR) is 233 cm³/mol. The van der Waals surface area contributed by atoms with Crippen LogP contribution in [0.25, 0.3) is 0 Å². The van der Waals surface area contributed by atoms with E-state index < -0.39 is 20.8 Å². The van der Waals surface area contributed by atoms with E-state index in [0.717, 1.165) is 51.4 Å². The Labute approximate surface area is 373 Å².